The van der Waals surface area contributed by atoms with Gasteiger partial charge in [0.15, 0.2) is 0 Å². The second kappa shape index (κ2) is 10.5. The molecule has 2 heterocycles. The highest BCUT2D eigenvalue weighted by Crippen LogP contribution is 2.44. The van der Waals surface area contributed by atoms with Crippen LogP contribution < -0.4 is 5.32 Å². The summed E-state index contributed by atoms with van der Waals surface area (Å²) >= 11 is 5.91. The molecule has 7 nitrogen and oxygen atoms in total. The van der Waals surface area contributed by atoms with E-state index in [1.54, 1.807) is 24.1 Å². The number of piperidine rings is 1. The Morgan fingerprint density at radius 2 is 1.90 bits per heavy atom. The topological polar surface area (TPSA) is 79.0 Å². The van der Waals surface area contributed by atoms with Crippen LogP contribution in [-0.2, 0) is 25.5 Å². The van der Waals surface area contributed by atoms with Crippen molar-refractivity contribution in [3.63, 3.8) is 0 Å². The van der Waals surface area contributed by atoms with E-state index in [1.807, 2.05) is 24.0 Å². The summed E-state index contributed by atoms with van der Waals surface area (Å²) in [6.45, 7) is 4.62. The van der Waals surface area contributed by atoms with Crippen LogP contribution in [0.5, 0.6) is 0 Å². The molecule has 0 aliphatic carbocycles. The summed E-state index contributed by atoms with van der Waals surface area (Å²) in [6.07, 6.45) is 2.79. The number of methoxy groups -OCH3 is 1. The van der Waals surface area contributed by atoms with Crippen LogP contribution in [0.3, 0.4) is 0 Å². The van der Waals surface area contributed by atoms with Crippen molar-refractivity contribution in [3.8, 4) is 0 Å². The highest BCUT2D eigenvalue weighted by molar-refractivity contribution is 6.30. The van der Waals surface area contributed by atoms with Crippen molar-refractivity contribution in [2.75, 3.05) is 39.9 Å². The summed E-state index contributed by atoms with van der Waals surface area (Å²) < 4.78 is 5.02. The first-order valence-electron chi connectivity index (χ1n) is 11.0. The van der Waals surface area contributed by atoms with Crippen LogP contribution in [0.4, 0.5) is 0 Å². The highest BCUT2D eigenvalue weighted by Gasteiger charge is 2.54. The monoisotopic (exact) mass is 449 g/mol. The van der Waals surface area contributed by atoms with E-state index in [0.717, 1.165) is 12.0 Å². The maximum atomic E-state index is 13.2. The minimum absolute atomic E-state index is 0.0526. The second-order valence-electron chi connectivity index (χ2n) is 8.41. The molecule has 2 saturated heterocycles. The molecule has 1 unspecified atom stereocenters. The lowest BCUT2D eigenvalue weighted by Crippen LogP contribution is -2.47. The Balaban J connectivity index is 1.58. The van der Waals surface area contributed by atoms with Gasteiger partial charge in [-0.3, -0.25) is 14.4 Å². The number of ether oxygens (including phenoxy) is 1. The largest absolute Gasteiger partial charge is 0.385 e. The van der Waals surface area contributed by atoms with E-state index in [0.29, 0.717) is 63.5 Å². The van der Waals surface area contributed by atoms with E-state index in [1.165, 1.54) is 0 Å². The molecule has 1 aromatic carbocycles. The molecule has 0 bridgehead atoms. The van der Waals surface area contributed by atoms with Gasteiger partial charge in [-0.1, -0.05) is 23.7 Å². The van der Waals surface area contributed by atoms with Crippen LogP contribution in [0.1, 0.15) is 38.2 Å². The summed E-state index contributed by atoms with van der Waals surface area (Å²) in [4.78, 5) is 42.2. The summed E-state index contributed by atoms with van der Waals surface area (Å²) in [5.41, 5.74) is 0.385. The summed E-state index contributed by atoms with van der Waals surface area (Å²) in [5.74, 6) is 0.0173. The normalized spacial score (nSPS) is 20.4. The lowest BCUT2D eigenvalue weighted by atomic mass is 9.76. The van der Waals surface area contributed by atoms with Gasteiger partial charge in [-0.25, -0.2) is 0 Å². The predicted molar refractivity (Wildman–Crippen MR) is 119 cm³/mol. The molecule has 170 valence electrons. The fraction of sp³-hybridized carbons (Fsp3) is 0.609. The quantitative estimate of drug-likeness (QED) is 0.617. The molecule has 1 spiro atoms. The Morgan fingerprint density at radius 1 is 1.23 bits per heavy atom. The zero-order valence-electron chi connectivity index (χ0n) is 18.4. The second-order valence-corrected chi connectivity index (χ2v) is 8.85. The van der Waals surface area contributed by atoms with Crippen LogP contribution in [0, 0.1) is 5.41 Å². The number of benzene rings is 1. The Hall–Kier alpha value is -2.12. The van der Waals surface area contributed by atoms with Gasteiger partial charge in [0, 0.05) is 44.9 Å². The average Bonchev–Trinajstić information content (AvgIpc) is 3.04. The SMILES string of the molecule is CCN1C(=O)C2(CCN(C(=O)Cc3ccc(Cl)cc3)CC2)CC1C(=O)NCCCOC. The van der Waals surface area contributed by atoms with E-state index in [4.69, 9.17) is 16.3 Å². The van der Waals surface area contributed by atoms with E-state index >= 15 is 0 Å². The van der Waals surface area contributed by atoms with Gasteiger partial charge < -0.3 is 19.9 Å². The molecule has 31 heavy (non-hydrogen) atoms. The molecule has 0 aromatic heterocycles. The lowest BCUT2D eigenvalue weighted by Gasteiger charge is -2.38. The standard InChI is InChI=1S/C23H32ClN3O4/c1-3-27-19(21(29)25-11-4-14-31-2)16-23(22(27)30)9-12-26(13-10-23)20(28)15-17-5-7-18(24)8-6-17/h5-8,19H,3-4,9-16H2,1-2H3,(H,25,29). The first kappa shape index (κ1) is 23.5. The molecule has 8 heteroatoms. The predicted octanol–water partition coefficient (Wildman–Crippen LogP) is 2.26. The number of carbonyl (C=O) groups excluding carboxylic acids is 3. The number of hydrogen-bond acceptors (Lipinski definition) is 4. The lowest BCUT2D eigenvalue weighted by molar-refractivity contribution is -0.143. The Kier molecular flexibility index (Phi) is 7.94. The minimum atomic E-state index is -0.540. The number of carbonyl (C=O) groups is 3. The van der Waals surface area contributed by atoms with Gasteiger partial charge in [0.1, 0.15) is 6.04 Å². The zero-order chi connectivity index (χ0) is 22.4. The number of likely N-dealkylation sites (N-methyl/N-ethyl adjacent to an activating group) is 1. The molecule has 1 atom stereocenters. The smallest absolute Gasteiger partial charge is 0.242 e. The van der Waals surface area contributed by atoms with Crippen molar-refractivity contribution in [2.24, 2.45) is 5.41 Å². The maximum absolute atomic E-state index is 13.2. The number of nitrogens with one attached hydrogen (secondary N) is 1. The number of likely N-dealkylation sites (tertiary alicyclic amines) is 2. The first-order chi connectivity index (χ1) is 14.9. The van der Waals surface area contributed by atoms with Crippen LogP contribution in [0.2, 0.25) is 5.02 Å². The molecule has 1 N–H and O–H groups in total. The van der Waals surface area contributed by atoms with Gasteiger partial charge in [-0.2, -0.15) is 0 Å². The van der Waals surface area contributed by atoms with Crippen LogP contribution in [0.15, 0.2) is 24.3 Å². The van der Waals surface area contributed by atoms with Gasteiger partial charge in [-0.15, -0.1) is 0 Å². The molecule has 0 radical (unpaired) electrons. The highest BCUT2D eigenvalue weighted by atomic mass is 35.5. The molecule has 3 rings (SSSR count). The summed E-state index contributed by atoms with van der Waals surface area (Å²) in [5, 5.41) is 3.58. The zero-order valence-corrected chi connectivity index (χ0v) is 19.1. The maximum Gasteiger partial charge on any atom is 0.242 e. The van der Waals surface area contributed by atoms with E-state index < -0.39 is 11.5 Å². The number of nitrogens with zero attached hydrogens (tertiary/aromatic N) is 2. The van der Waals surface area contributed by atoms with Gasteiger partial charge >= 0.3 is 0 Å². The van der Waals surface area contributed by atoms with Crippen molar-refractivity contribution in [1.82, 2.24) is 15.1 Å². The molecule has 2 aliphatic heterocycles. The van der Waals surface area contributed by atoms with Crippen molar-refractivity contribution in [2.45, 2.75) is 45.1 Å². The number of amides is 3. The van der Waals surface area contributed by atoms with Gasteiger partial charge in [-0.05, 0) is 50.3 Å². The molecule has 3 amide bonds. The fourth-order valence-electron chi connectivity index (χ4n) is 4.65. The Morgan fingerprint density at radius 3 is 2.52 bits per heavy atom. The van der Waals surface area contributed by atoms with Crippen LogP contribution >= 0.6 is 11.6 Å². The molecule has 0 saturated carbocycles. The Labute approximate surface area is 189 Å². The van der Waals surface area contributed by atoms with Crippen molar-refractivity contribution in [3.05, 3.63) is 34.9 Å². The molecule has 2 aliphatic rings. The fourth-order valence-corrected chi connectivity index (χ4v) is 4.77. The molecular weight excluding hydrogens is 418 g/mol. The van der Waals surface area contributed by atoms with Crippen LogP contribution in [-0.4, -0.2) is 73.5 Å². The third kappa shape index (κ3) is 5.39. The number of hydrogen-bond donors (Lipinski definition) is 1. The van der Waals surface area contributed by atoms with Gasteiger partial charge in [0.25, 0.3) is 0 Å². The summed E-state index contributed by atoms with van der Waals surface area (Å²) in [7, 11) is 1.63. The molecular formula is C23H32ClN3O4. The van der Waals surface area contributed by atoms with E-state index in [-0.39, 0.29) is 17.7 Å². The van der Waals surface area contributed by atoms with E-state index in [9.17, 15) is 14.4 Å². The number of halogens is 1. The Bertz CT molecular complexity index is 791. The van der Waals surface area contributed by atoms with Crippen molar-refractivity contribution < 1.29 is 19.1 Å². The van der Waals surface area contributed by atoms with E-state index in [2.05, 4.69) is 5.32 Å². The average molecular weight is 450 g/mol. The first-order valence-corrected chi connectivity index (χ1v) is 11.4. The van der Waals surface area contributed by atoms with Gasteiger partial charge in [0.2, 0.25) is 17.7 Å². The third-order valence-electron chi connectivity index (χ3n) is 6.48. The van der Waals surface area contributed by atoms with Crippen molar-refractivity contribution in [1.29, 1.82) is 0 Å². The number of rotatable bonds is 8. The van der Waals surface area contributed by atoms with Crippen LogP contribution in [0.25, 0.3) is 0 Å². The molecule has 1 aromatic rings. The third-order valence-corrected chi connectivity index (χ3v) is 6.74. The summed E-state index contributed by atoms with van der Waals surface area (Å²) in [6, 6.07) is 6.86. The van der Waals surface area contributed by atoms with Crippen molar-refractivity contribution >= 4 is 29.3 Å². The van der Waals surface area contributed by atoms with Gasteiger partial charge in [0.05, 0.1) is 11.8 Å². The molecule has 2 fully saturated rings. The minimum Gasteiger partial charge on any atom is -0.385 e.